The van der Waals surface area contributed by atoms with Gasteiger partial charge in [-0.1, -0.05) is 39.0 Å². The SMILES string of the molecule is C[C@H](N)c1ccc(Oc2ccccc2C(C)(C)C)cn1. The third-order valence-electron chi connectivity index (χ3n) is 3.15. The molecular weight excluding hydrogens is 248 g/mol. The van der Waals surface area contributed by atoms with Gasteiger partial charge in [-0.3, -0.25) is 4.98 Å². The number of nitrogens with two attached hydrogens (primary N) is 1. The first-order chi connectivity index (χ1) is 9.38. The Morgan fingerprint density at radius 3 is 2.35 bits per heavy atom. The molecule has 0 aliphatic heterocycles. The highest BCUT2D eigenvalue weighted by Crippen LogP contribution is 2.33. The van der Waals surface area contributed by atoms with Gasteiger partial charge in [0.2, 0.25) is 0 Å². The van der Waals surface area contributed by atoms with Gasteiger partial charge >= 0.3 is 0 Å². The Hall–Kier alpha value is -1.87. The van der Waals surface area contributed by atoms with E-state index in [2.05, 4.69) is 31.8 Å². The fourth-order valence-electron chi connectivity index (χ4n) is 2.02. The first-order valence-corrected chi connectivity index (χ1v) is 6.87. The van der Waals surface area contributed by atoms with Crippen molar-refractivity contribution in [2.75, 3.05) is 0 Å². The third-order valence-corrected chi connectivity index (χ3v) is 3.15. The molecule has 0 spiro atoms. The lowest BCUT2D eigenvalue weighted by molar-refractivity contribution is 0.453. The summed E-state index contributed by atoms with van der Waals surface area (Å²) in [7, 11) is 0. The average Bonchev–Trinajstić information content (AvgIpc) is 2.38. The van der Waals surface area contributed by atoms with Crippen molar-refractivity contribution in [1.82, 2.24) is 4.98 Å². The summed E-state index contributed by atoms with van der Waals surface area (Å²) in [5, 5.41) is 0. The molecule has 1 atom stereocenters. The van der Waals surface area contributed by atoms with Crippen molar-refractivity contribution in [1.29, 1.82) is 0 Å². The van der Waals surface area contributed by atoms with Gasteiger partial charge in [0.15, 0.2) is 0 Å². The summed E-state index contributed by atoms with van der Waals surface area (Å²) in [6.45, 7) is 8.43. The number of para-hydroxylation sites is 1. The van der Waals surface area contributed by atoms with Crippen LogP contribution < -0.4 is 10.5 Å². The summed E-state index contributed by atoms with van der Waals surface area (Å²) >= 11 is 0. The molecule has 1 aromatic heterocycles. The van der Waals surface area contributed by atoms with Crippen LogP contribution in [-0.4, -0.2) is 4.98 Å². The van der Waals surface area contributed by atoms with Crippen LogP contribution in [0.1, 0.15) is 45.0 Å². The van der Waals surface area contributed by atoms with Crippen molar-refractivity contribution < 1.29 is 4.74 Å². The van der Waals surface area contributed by atoms with Crippen LogP contribution in [0.4, 0.5) is 0 Å². The second-order valence-electron chi connectivity index (χ2n) is 6.06. The van der Waals surface area contributed by atoms with Crippen LogP contribution in [-0.2, 0) is 5.41 Å². The Labute approximate surface area is 120 Å². The molecule has 1 aromatic carbocycles. The number of benzene rings is 1. The highest BCUT2D eigenvalue weighted by atomic mass is 16.5. The molecule has 2 N–H and O–H groups in total. The third kappa shape index (κ3) is 3.36. The van der Waals surface area contributed by atoms with E-state index in [0.29, 0.717) is 0 Å². The second-order valence-corrected chi connectivity index (χ2v) is 6.06. The zero-order valence-electron chi connectivity index (χ0n) is 12.6. The molecule has 0 fully saturated rings. The maximum Gasteiger partial charge on any atom is 0.145 e. The highest BCUT2D eigenvalue weighted by Gasteiger charge is 2.18. The lowest BCUT2D eigenvalue weighted by atomic mass is 9.86. The summed E-state index contributed by atoms with van der Waals surface area (Å²) < 4.78 is 5.97. The van der Waals surface area contributed by atoms with E-state index in [4.69, 9.17) is 10.5 Å². The Morgan fingerprint density at radius 1 is 1.10 bits per heavy atom. The lowest BCUT2D eigenvalue weighted by Crippen LogP contribution is -2.12. The van der Waals surface area contributed by atoms with Crippen LogP contribution in [0.5, 0.6) is 11.5 Å². The van der Waals surface area contributed by atoms with Gasteiger partial charge in [0.1, 0.15) is 11.5 Å². The highest BCUT2D eigenvalue weighted by molar-refractivity contribution is 5.41. The smallest absolute Gasteiger partial charge is 0.145 e. The fourth-order valence-corrected chi connectivity index (χ4v) is 2.02. The molecule has 0 aliphatic carbocycles. The summed E-state index contributed by atoms with van der Waals surface area (Å²) in [6.07, 6.45) is 1.72. The zero-order chi connectivity index (χ0) is 14.8. The summed E-state index contributed by atoms with van der Waals surface area (Å²) in [6, 6.07) is 11.8. The zero-order valence-corrected chi connectivity index (χ0v) is 12.6. The molecule has 0 amide bonds. The van der Waals surface area contributed by atoms with E-state index >= 15 is 0 Å². The number of rotatable bonds is 3. The average molecular weight is 270 g/mol. The molecule has 1 heterocycles. The van der Waals surface area contributed by atoms with Crippen LogP contribution in [0.2, 0.25) is 0 Å². The van der Waals surface area contributed by atoms with E-state index in [1.54, 1.807) is 6.20 Å². The molecule has 106 valence electrons. The molecule has 0 saturated carbocycles. The van der Waals surface area contributed by atoms with Gasteiger partial charge in [-0.05, 0) is 30.5 Å². The van der Waals surface area contributed by atoms with Gasteiger partial charge in [-0.25, -0.2) is 0 Å². The summed E-state index contributed by atoms with van der Waals surface area (Å²) in [5.41, 5.74) is 7.87. The largest absolute Gasteiger partial charge is 0.455 e. The second kappa shape index (κ2) is 5.63. The lowest BCUT2D eigenvalue weighted by Gasteiger charge is -2.22. The normalized spacial score (nSPS) is 13.1. The maximum atomic E-state index is 5.97. The summed E-state index contributed by atoms with van der Waals surface area (Å²) in [4.78, 5) is 4.32. The first kappa shape index (κ1) is 14.5. The molecule has 0 unspecified atom stereocenters. The fraction of sp³-hybridized carbons (Fsp3) is 0.353. The Bertz CT molecular complexity index is 568. The quantitative estimate of drug-likeness (QED) is 0.909. The molecule has 0 saturated heterocycles. The Morgan fingerprint density at radius 2 is 1.80 bits per heavy atom. The van der Waals surface area contributed by atoms with E-state index in [9.17, 15) is 0 Å². The topological polar surface area (TPSA) is 48.1 Å². The monoisotopic (exact) mass is 270 g/mol. The van der Waals surface area contributed by atoms with Crippen molar-refractivity contribution in [3.63, 3.8) is 0 Å². The minimum absolute atomic E-state index is 0.0374. The Balaban J connectivity index is 2.26. The van der Waals surface area contributed by atoms with Gasteiger partial charge in [-0.2, -0.15) is 0 Å². The molecule has 2 aromatic rings. The van der Waals surface area contributed by atoms with Gasteiger partial charge in [0.25, 0.3) is 0 Å². The van der Waals surface area contributed by atoms with Gasteiger partial charge < -0.3 is 10.5 Å². The van der Waals surface area contributed by atoms with E-state index in [0.717, 1.165) is 17.2 Å². The molecule has 20 heavy (non-hydrogen) atoms. The molecule has 0 aliphatic rings. The molecule has 0 bridgehead atoms. The predicted molar refractivity (Wildman–Crippen MR) is 82.1 cm³/mol. The van der Waals surface area contributed by atoms with Crippen molar-refractivity contribution in [3.8, 4) is 11.5 Å². The Kier molecular flexibility index (Phi) is 4.09. The van der Waals surface area contributed by atoms with Crippen LogP contribution >= 0.6 is 0 Å². The van der Waals surface area contributed by atoms with Crippen molar-refractivity contribution in [3.05, 3.63) is 53.9 Å². The molecule has 3 nitrogen and oxygen atoms in total. The number of aromatic nitrogens is 1. The molecule has 3 heteroatoms. The summed E-state index contributed by atoms with van der Waals surface area (Å²) in [5.74, 6) is 1.60. The van der Waals surface area contributed by atoms with E-state index < -0.39 is 0 Å². The van der Waals surface area contributed by atoms with Crippen molar-refractivity contribution >= 4 is 0 Å². The van der Waals surface area contributed by atoms with Gasteiger partial charge in [0, 0.05) is 11.6 Å². The number of hydrogen-bond donors (Lipinski definition) is 1. The standard InChI is InChI=1S/C17H22N2O/c1-12(18)15-10-9-13(11-19-15)20-16-8-6-5-7-14(16)17(2,3)4/h5-12H,18H2,1-4H3/t12-/m0/s1. The number of ether oxygens (including phenoxy) is 1. The predicted octanol–water partition coefficient (Wildman–Crippen LogP) is 4.19. The van der Waals surface area contributed by atoms with Gasteiger partial charge in [-0.15, -0.1) is 0 Å². The van der Waals surface area contributed by atoms with Gasteiger partial charge in [0.05, 0.1) is 11.9 Å². The van der Waals surface area contributed by atoms with Crippen LogP contribution in [0.25, 0.3) is 0 Å². The number of nitrogens with zero attached hydrogens (tertiary/aromatic N) is 1. The van der Waals surface area contributed by atoms with E-state index in [1.807, 2.05) is 37.3 Å². The number of hydrogen-bond acceptors (Lipinski definition) is 3. The van der Waals surface area contributed by atoms with E-state index in [1.165, 1.54) is 5.56 Å². The minimum atomic E-state index is -0.0640. The first-order valence-electron chi connectivity index (χ1n) is 6.87. The van der Waals surface area contributed by atoms with Crippen molar-refractivity contribution in [2.24, 2.45) is 5.73 Å². The van der Waals surface area contributed by atoms with Crippen LogP contribution in [0.15, 0.2) is 42.6 Å². The van der Waals surface area contributed by atoms with Crippen LogP contribution in [0.3, 0.4) is 0 Å². The molecule has 2 rings (SSSR count). The molecule has 0 radical (unpaired) electrons. The van der Waals surface area contributed by atoms with E-state index in [-0.39, 0.29) is 11.5 Å². The number of pyridine rings is 1. The maximum absolute atomic E-state index is 5.97. The molecular formula is C17H22N2O. The van der Waals surface area contributed by atoms with Crippen LogP contribution in [0, 0.1) is 0 Å². The minimum Gasteiger partial charge on any atom is -0.455 e. The van der Waals surface area contributed by atoms with Crippen molar-refractivity contribution in [2.45, 2.75) is 39.2 Å².